The van der Waals surface area contributed by atoms with Gasteiger partial charge in [-0.2, -0.15) is 0 Å². The van der Waals surface area contributed by atoms with Crippen LogP contribution >= 0.6 is 22.6 Å². The average molecular weight is 356 g/mol. The largest absolute Gasteiger partial charge is 0.465 e. The Hall–Kier alpha value is -0.330. The molecule has 0 fully saturated rings. The van der Waals surface area contributed by atoms with Gasteiger partial charge in [0.15, 0.2) is 5.41 Å². The molecule has 5 heteroatoms. The van der Waals surface area contributed by atoms with E-state index >= 15 is 0 Å². The minimum Gasteiger partial charge on any atom is -0.465 e. The first-order valence-corrected chi connectivity index (χ1v) is 7.52. The summed E-state index contributed by atoms with van der Waals surface area (Å²) in [4.78, 5) is 24.1. The number of carbonyl (C=O) groups is 2. The Morgan fingerprint density at radius 2 is 1.47 bits per heavy atom. The third kappa shape index (κ3) is 4.44. The van der Waals surface area contributed by atoms with E-state index in [0.29, 0.717) is 12.8 Å². The molecule has 0 unspecified atom stereocenters. The molecular weight excluding hydrogens is 335 g/mol. The van der Waals surface area contributed by atoms with Gasteiger partial charge in [0.1, 0.15) is 0 Å². The Morgan fingerprint density at radius 3 is 1.76 bits per heavy atom. The summed E-state index contributed by atoms with van der Waals surface area (Å²) in [6.07, 6.45) is 1.70. The fourth-order valence-electron chi connectivity index (χ4n) is 1.74. The number of hydrogen-bond acceptors (Lipinski definition) is 4. The van der Waals surface area contributed by atoms with Gasteiger partial charge in [-0.3, -0.25) is 9.59 Å². The van der Waals surface area contributed by atoms with Crippen molar-refractivity contribution >= 4 is 34.5 Å². The maximum absolute atomic E-state index is 12.0. The molecule has 0 aromatic carbocycles. The molecule has 4 nitrogen and oxygen atoms in total. The quantitative estimate of drug-likeness (QED) is 0.290. The summed E-state index contributed by atoms with van der Waals surface area (Å²) in [6, 6.07) is 0. The highest BCUT2D eigenvalue weighted by Gasteiger charge is 2.47. The van der Waals surface area contributed by atoms with Crippen LogP contribution in [-0.2, 0) is 19.1 Å². The topological polar surface area (TPSA) is 52.6 Å². The van der Waals surface area contributed by atoms with Gasteiger partial charge < -0.3 is 9.47 Å². The van der Waals surface area contributed by atoms with Gasteiger partial charge >= 0.3 is 11.9 Å². The summed E-state index contributed by atoms with van der Waals surface area (Å²) >= 11 is 2.16. The second-order valence-electron chi connectivity index (χ2n) is 3.71. The Balaban J connectivity index is 5.09. The van der Waals surface area contributed by atoms with Gasteiger partial charge in [-0.1, -0.05) is 35.9 Å². The SMILES string of the molecule is CCCC(CCI)(C(=O)OCC)C(=O)OCC. The zero-order valence-electron chi connectivity index (χ0n) is 10.8. The van der Waals surface area contributed by atoms with Gasteiger partial charge in [0.25, 0.3) is 0 Å². The van der Waals surface area contributed by atoms with Crippen LogP contribution in [0, 0.1) is 5.41 Å². The summed E-state index contributed by atoms with van der Waals surface area (Å²) in [5.74, 6) is -0.895. The van der Waals surface area contributed by atoms with Crippen molar-refractivity contribution in [3.8, 4) is 0 Å². The fourth-order valence-corrected chi connectivity index (χ4v) is 2.66. The van der Waals surface area contributed by atoms with Crippen molar-refractivity contribution in [1.82, 2.24) is 0 Å². The van der Waals surface area contributed by atoms with Gasteiger partial charge in [-0.15, -0.1) is 0 Å². The maximum Gasteiger partial charge on any atom is 0.323 e. The lowest BCUT2D eigenvalue weighted by atomic mass is 9.80. The molecule has 0 aromatic rings. The Kier molecular flexibility index (Phi) is 8.55. The van der Waals surface area contributed by atoms with Crippen molar-refractivity contribution in [2.24, 2.45) is 5.41 Å². The van der Waals surface area contributed by atoms with Crippen molar-refractivity contribution in [3.05, 3.63) is 0 Å². The van der Waals surface area contributed by atoms with Crippen LogP contribution in [-0.4, -0.2) is 29.6 Å². The van der Waals surface area contributed by atoms with Crippen LogP contribution in [0.25, 0.3) is 0 Å². The number of carbonyl (C=O) groups excluding carboxylic acids is 2. The minimum absolute atomic E-state index is 0.283. The number of halogens is 1. The summed E-state index contributed by atoms with van der Waals surface area (Å²) in [5, 5.41) is 0. The van der Waals surface area contributed by atoms with Gasteiger partial charge in [0.05, 0.1) is 13.2 Å². The van der Waals surface area contributed by atoms with E-state index in [4.69, 9.17) is 9.47 Å². The molecule has 0 aliphatic heterocycles. The smallest absolute Gasteiger partial charge is 0.323 e. The predicted molar refractivity (Wildman–Crippen MR) is 74.1 cm³/mol. The second kappa shape index (κ2) is 8.72. The van der Waals surface area contributed by atoms with E-state index in [1.165, 1.54) is 0 Å². The standard InChI is InChI=1S/C12H21IO4/c1-4-7-12(8-9-13,10(14)16-5-2)11(15)17-6-3/h4-9H2,1-3H3. The van der Waals surface area contributed by atoms with Crippen LogP contribution in [0.5, 0.6) is 0 Å². The van der Waals surface area contributed by atoms with E-state index in [1.54, 1.807) is 13.8 Å². The molecule has 0 amide bonds. The highest BCUT2D eigenvalue weighted by molar-refractivity contribution is 14.1. The molecular formula is C12H21IO4. The lowest BCUT2D eigenvalue weighted by Gasteiger charge is -2.28. The van der Waals surface area contributed by atoms with E-state index in [0.717, 1.165) is 10.8 Å². The summed E-state index contributed by atoms with van der Waals surface area (Å²) in [5.41, 5.74) is -1.11. The first-order chi connectivity index (χ1) is 8.08. The summed E-state index contributed by atoms with van der Waals surface area (Å²) in [6.45, 7) is 5.99. The molecule has 0 saturated heterocycles. The van der Waals surface area contributed by atoms with Crippen LogP contribution in [0.1, 0.15) is 40.0 Å². The number of alkyl halides is 1. The zero-order chi connectivity index (χ0) is 13.3. The van der Waals surface area contributed by atoms with Crippen molar-refractivity contribution in [2.75, 3.05) is 17.6 Å². The fraction of sp³-hybridized carbons (Fsp3) is 0.833. The number of esters is 2. The molecule has 0 rings (SSSR count). The molecule has 17 heavy (non-hydrogen) atoms. The molecule has 100 valence electrons. The third-order valence-electron chi connectivity index (χ3n) is 2.53. The van der Waals surface area contributed by atoms with E-state index in [1.807, 2.05) is 6.92 Å². The van der Waals surface area contributed by atoms with Crippen LogP contribution in [0.15, 0.2) is 0 Å². The second-order valence-corrected chi connectivity index (χ2v) is 4.79. The molecule has 0 spiro atoms. The van der Waals surface area contributed by atoms with Crippen LogP contribution in [0.3, 0.4) is 0 Å². The molecule has 0 atom stereocenters. The average Bonchev–Trinajstić information content (AvgIpc) is 2.29. The Labute approximate surface area is 117 Å². The molecule has 0 aromatic heterocycles. The van der Waals surface area contributed by atoms with Crippen molar-refractivity contribution in [1.29, 1.82) is 0 Å². The normalized spacial score (nSPS) is 11.1. The Morgan fingerprint density at radius 1 is 1.00 bits per heavy atom. The van der Waals surface area contributed by atoms with Gasteiger partial charge in [0, 0.05) is 4.43 Å². The molecule has 0 bridgehead atoms. The van der Waals surface area contributed by atoms with Gasteiger partial charge in [0.2, 0.25) is 0 Å². The first-order valence-electron chi connectivity index (χ1n) is 5.99. The number of ether oxygens (including phenoxy) is 2. The first kappa shape index (κ1) is 16.7. The molecule has 0 saturated carbocycles. The van der Waals surface area contributed by atoms with Gasteiger partial charge in [-0.05, 0) is 26.7 Å². The van der Waals surface area contributed by atoms with E-state index in [-0.39, 0.29) is 13.2 Å². The molecule has 0 aliphatic carbocycles. The lowest BCUT2D eigenvalue weighted by molar-refractivity contribution is -0.173. The summed E-state index contributed by atoms with van der Waals surface area (Å²) < 4.78 is 10.8. The summed E-state index contributed by atoms with van der Waals surface area (Å²) in [7, 11) is 0. The maximum atomic E-state index is 12.0. The highest BCUT2D eigenvalue weighted by Crippen LogP contribution is 2.32. The predicted octanol–water partition coefficient (Wildman–Crippen LogP) is 2.72. The molecule has 0 N–H and O–H groups in total. The highest BCUT2D eigenvalue weighted by atomic mass is 127. The third-order valence-corrected chi connectivity index (χ3v) is 3.07. The minimum atomic E-state index is -1.11. The number of rotatable bonds is 8. The van der Waals surface area contributed by atoms with E-state index < -0.39 is 17.4 Å². The van der Waals surface area contributed by atoms with Crippen molar-refractivity contribution in [3.63, 3.8) is 0 Å². The Bertz CT molecular complexity index is 227. The van der Waals surface area contributed by atoms with Crippen molar-refractivity contribution < 1.29 is 19.1 Å². The molecule has 0 radical (unpaired) electrons. The number of hydrogen-bond donors (Lipinski definition) is 0. The molecule has 0 aliphatic rings. The van der Waals surface area contributed by atoms with E-state index in [9.17, 15) is 9.59 Å². The lowest BCUT2D eigenvalue weighted by Crippen LogP contribution is -2.42. The van der Waals surface area contributed by atoms with Crippen LogP contribution < -0.4 is 0 Å². The van der Waals surface area contributed by atoms with E-state index in [2.05, 4.69) is 22.6 Å². The zero-order valence-corrected chi connectivity index (χ0v) is 12.9. The van der Waals surface area contributed by atoms with Crippen LogP contribution in [0.4, 0.5) is 0 Å². The van der Waals surface area contributed by atoms with Gasteiger partial charge in [-0.25, -0.2) is 0 Å². The molecule has 0 heterocycles. The van der Waals surface area contributed by atoms with Crippen LogP contribution in [0.2, 0.25) is 0 Å². The monoisotopic (exact) mass is 356 g/mol. The van der Waals surface area contributed by atoms with Crippen molar-refractivity contribution in [2.45, 2.75) is 40.0 Å².